The highest BCUT2D eigenvalue weighted by Gasteiger charge is 2.16. The molecule has 0 saturated heterocycles. The van der Waals surface area contributed by atoms with Gasteiger partial charge in [-0.15, -0.1) is 12.4 Å². The number of amides is 1. The second kappa shape index (κ2) is 7.09. The molecule has 6 nitrogen and oxygen atoms in total. The highest BCUT2D eigenvalue weighted by atomic mass is 35.5. The third-order valence-electron chi connectivity index (χ3n) is 4.25. The summed E-state index contributed by atoms with van der Waals surface area (Å²) in [5, 5.41) is 1.84. The summed E-state index contributed by atoms with van der Waals surface area (Å²) in [6.45, 7) is 1.97. The Morgan fingerprint density at radius 3 is 2.63 bits per heavy atom. The largest absolute Gasteiger partial charge is 0.370 e. The van der Waals surface area contributed by atoms with Crippen molar-refractivity contribution in [2.24, 2.45) is 16.5 Å². The predicted octanol–water partition coefficient (Wildman–Crippen LogP) is 3.32. The highest BCUT2D eigenvalue weighted by molar-refractivity contribution is 6.11. The number of rotatable bonds is 2. The fraction of sp³-hybridized carbons (Fsp3) is 0.0500. The van der Waals surface area contributed by atoms with E-state index in [1.807, 2.05) is 66.1 Å². The molecule has 0 atom stereocenters. The zero-order valence-electron chi connectivity index (χ0n) is 14.6. The molecule has 27 heavy (non-hydrogen) atoms. The molecule has 4 rings (SSSR count). The van der Waals surface area contributed by atoms with Crippen LogP contribution >= 0.6 is 12.4 Å². The van der Waals surface area contributed by atoms with Crippen LogP contribution < -0.4 is 11.5 Å². The number of aliphatic imine (C=N–C) groups is 1. The van der Waals surface area contributed by atoms with Crippen LogP contribution in [0.3, 0.4) is 0 Å². The van der Waals surface area contributed by atoms with Crippen LogP contribution in [-0.2, 0) is 0 Å². The van der Waals surface area contributed by atoms with Gasteiger partial charge in [0.15, 0.2) is 5.96 Å². The fourth-order valence-electron chi connectivity index (χ4n) is 3.07. The van der Waals surface area contributed by atoms with Crippen molar-refractivity contribution in [1.82, 2.24) is 9.55 Å². The maximum Gasteiger partial charge on any atom is 0.282 e. The molecule has 4 N–H and O–H groups in total. The molecule has 136 valence electrons. The van der Waals surface area contributed by atoms with E-state index < -0.39 is 5.91 Å². The van der Waals surface area contributed by atoms with Gasteiger partial charge < -0.3 is 16.0 Å². The second-order valence-electron chi connectivity index (χ2n) is 6.14. The molecule has 0 spiro atoms. The lowest BCUT2D eigenvalue weighted by atomic mass is 10.1. The summed E-state index contributed by atoms with van der Waals surface area (Å²) < 4.78 is 1.89. The van der Waals surface area contributed by atoms with E-state index >= 15 is 0 Å². The summed E-state index contributed by atoms with van der Waals surface area (Å²) in [5.41, 5.74) is 14.0. The number of pyridine rings is 1. The van der Waals surface area contributed by atoms with Crippen molar-refractivity contribution in [3.63, 3.8) is 0 Å². The van der Waals surface area contributed by atoms with Crippen LogP contribution in [0, 0.1) is 6.92 Å². The van der Waals surface area contributed by atoms with Crippen LogP contribution in [0.4, 0.5) is 0 Å². The number of nitrogens with zero attached hydrogens (tertiary/aromatic N) is 3. The maximum absolute atomic E-state index is 12.5. The lowest BCUT2D eigenvalue weighted by Crippen LogP contribution is -2.24. The number of aromatic nitrogens is 2. The first-order valence-electron chi connectivity index (χ1n) is 8.15. The molecule has 2 heterocycles. The number of carbonyl (C=O) groups excluding carboxylic acids is 1. The summed E-state index contributed by atoms with van der Waals surface area (Å²) in [4.78, 5) is 20.9. The molecule has 4 aromatic rings. The molecule has 2 aromatic carbocycles. The standard InChI is InChI=1S/C20H17N5O.ClH/c1-12-6-8-17-14(10-12)15(19(26)24-20(21)22)11-25(17)18-9-7-13-4-2-3-5-16(13)23-18;/h2-11H,1H3,(H4,21,22,24,26);1H. The monoisotopic (exact) mass is 379 g/mol. The SMILES string of the molecule is Cc1ccc2c(c1)c(C(=O)N=C(N)N)cn2-c1ccc2ccccc2n1.Cl. The van der Waals surface area contributed by atoms with Crippen molar-refractivity contribution in [1.29, 1.82) is 0 Å². The zero-order valence-corrected chi connectivity index (χ0v) is 15.4. The van der Waals surface area contributed by atoms with Gasteiger partial charge in [-0.05, 0) is 37.3 Å². The minimum atomic E-state index is -0.472. The number of guanidine groups is 1. The number of hydrogen-bond donors (Lipinski definition) is 2. The van der Waals surface area contributed by atoms with E-state index in [1.165, 1.54) is 0 Å². The van der Waals surface area contributed by atoms with Crippen LogP contribution in [0.5, 0.6) is 0 Å². The van der Waals surface area contributed by atoms with Gasteiger partial charge in [-0.3, -0.25) is 4.79 Å². The maximum atomic E-state index is 12.5. The van der Waals surface area contributed by atoms with Crippen LogP contribution in [0.25, 0.3) is 27.6 Å². The van der Waals surface area contributed by atoms with Gasteiger partial charge in [-0.2, -0.15) is 4.99 Å². The summed E-state index contributed by atoms with van der Waals surface area (Å²) in [7, 11) is 0. The average molecular weight is 380 g/mol. The van der Waals surface area contributed by atoms with E-state index in [-0.39, 0.29) is 18.4 Å². The molecular weight excluding hydrogens is 362 g/mol. The third-order valence-corrected chi connectivity index (χ3v) is 4.25. The van der Waals surface area contributed by atoms with E-state index in [1.54, 1.807) is 6.20 Å². The van der Waals surface area contributed by atoms with E-state index in [0.717, 1.165) is 33.2 Å². The Labute approximate surface area is 161 Å². The lowest BCUT2D eigenvalue weighted by molar-refractivity contribution is 0.100. The molecule has 2 aromatic heterocycles. The minimum absolute atomic E-state index is 0. The van der Waals surface area contributed by atoms with E-state index in [0.29, 0.717) is 5.56 Å². The third kappa shape index (κ3) is 3.35. The smallest absolute Gasteiger partial charge is 0.282 e. The van der Waals surface area contributed by atoms with Gasteiger partial charge in [0, 0.05) is 17.0 Å². The molecule has 1 amide bonds. The Bertz CT molecular complexity index is 1190. The number of halogens is 1. The summed E-state index contributed by atoms with van der Waals surface area (Å²) in [5.74, 6) is -0.00572. The van der Waals surface area contributed by atoms with Crippen molar-refractivity contribution in [3.05, 3.63) is 71.9 Å². The predicted molar refractivity (Wildman–Crippen MR) is 111 cm³/mol. The molecule has 0 radical (unpaired) electrons. The molecule has 7 heteroatoms. The topological polar surface area (TPSA) is 99.3 Å². The summed E-state index contributed by atoms with van der Waals surface area (Å²) >= 11 is 0. The second-order valence-corrected chi connectivity index (χ2v) is 6.14. The Morgan fingerprint density at radius 2 is 1.85 bits per heavy atom. The molecule has 0 unspecified atom stereocenters. The van der Waals surface area contributed by atoms with Gasteiger partial charge in [0.05, 0.1) is 16.6 Å². The van der Waals surface area contributed by atoms with Crippen LogP contribution in [0.15, 0.2) is 65.8 Å². The number of benzene rings is 2. The number of hydrogen-bond acceptors (Lipinski definition) is 2. The normalized spacial score (nSPS) is 10.6. The first kappa shape index (κ1) is 18.4. The first-order valence-corrected chi connectivity index (χ1v) is 8.15. The van der Waals surface area contributed by atoms with E-state index in [2.05, 4.69) is 4.99 Å². The Morgan fingerprint density at radius 1 is 1.07 bits per heavy atom. The number of nitrogens with two attached hydrogens (primary N) is 2. The number of fused-ring (bicyclic) bond motifs is 2. The number of para-hydroxylation sites is 1. The van der Waals surface area contributed by atoms with Gasteiger partial charge in [0.25, 0.3) is 5.91 Å². The quantitative estimate of drug-likeness (QED) is 0.412. The minimum Gasteiger partial charge on any atom is -0.370 e. The van der Waals surface area contributed by atoms with E-state index in [9.17, 15) is 4.79 Å². The van der Waals surface area contributed by atoms with Gasteiger partial charge in [-0.25, -0.2) is 4.98 Å². The lowest BCUT2D eigenvalue weighted by Gasteiger charge is -2.06. The molecule has 0 aliphatic heterocycles. The van der Waals surface area contributed by atoms with Gasteiger partial charge >= 0.3 is 0 Å². The average Bonchev–Trinajstić information content (AvgIpc) is 2.99. The van der Waals surface area contributed by atoms with Gasteiger partial charge in [0.1, 0.15) is 5.82 Å². The molecule has 0 aliphatic rings. The van der Waals surface area contributed by atoms with Crippen LogP contribution in [0.1, 0.15) is 15.9 Å². The Hall–Kier alpha value is -3.38. The fourth-order valence-corrected chi connectivity index (χ4v) is 3.07. The molecule has 0 fully saturated rings. The van der Waals surface area contributed by atoms with Crippen molar-refractivity contribution in [2.45, 2.75) is 6.92 Å². The molecular formula is C20H18ClN5O. The van der Waals surface area contributed by atoms with Crippen LogP contribution in [0.2, 0.25) is 0 Å². The summed E-state index contributed by atoms with van der Waals surface area (Å²) in [6, 6.07) is 17.7. The molecule has 0 saturated carbocycles. The Balaban J connectivity index is 0.00000210. The van der Waals surface area contributed by atoms with Gasteiger partial charge in [0.2, 0.25) is 0 Å². The van der Waals surface area contributed by atoms with Crippen molar-refractivity contribution in [2.75, 3.05) is 0 Å². The van der Waals surface area contributed by atoms with E-state index in [4.69, 9.17) is 16.5 Å². The number of carbonyl (C=O) groups is 1. The van der Waals surface area contributed by atoms with Crippen molar-refractivity contribution < 1.29 is 4.79 Å². The molecule has 0 aliphatic carbocycles. The van der Waals surface area contributed by atoms with Crippen LogP contribution in [-0.4, -0.2) is 21.4 Å². The number of aryl methyl sites for hydroxylation is 1. The van der Waals surface area contributed by atoms with Crippen molar-refractivity contribution >= 4 is 46.1 Å². The zero-order chi connectivity index (χ0) is 18.3. The Kier molecular flexibility index (Phi) is 4.83. The highest BCUT2D eigenvalue weighted by Crippen LogP contribution is 2.27. The first-order chi connectivity index (χ1) is 12.5. The van der Waals surface area contributed by atoms with Gasteiger partial charge in [-0.1, -0.05) is 29.8 Å². The molecule has 0 bridgehead atoms. The summed E-state index contributed by atoms with van der Waals surface area (Å²) in [6.07, 6.45) is 1.73. The van der Waals surface area contributed by atoms with Crippen molar-refractivity contribution in [3.8, 4) is 5.82 Å².